The van der Waals surface area contributed by atoms with Crippen LogP contribution >= 0.6 is 0 Å². The third-order valence-corrected chi connectivity index (χ3v) is 6.43. The largest absolute Gasteiger partial charge is 0.481 e. The van der Waals surface area contributed by atoms with Gasteiger partial charge in [0.1, 0.15) is 18.7 Å². The second-order valence-electron chi connectivity index (χ2n) is 9.51. The van der Waals surface area contributed by atoms with E-state index >= 15 is 0 Å². The fourth-order valence-electron chi connectivity index (χ4n) is 4.25. The Labute approximate surface area is 252 Å². The summed E-state index contributed by atoms with van der Waals surface area (Å²) in [5, 5.41) is 17.6. The molecule has 1 unspecified atom stereocenters. The zero-order valence-electron chi connectivity index (χ0n) is 23.0. The standard InChI is InChI=1S/C31H23F4N3O7/c32-19-13-20(33)26(35)28(25(19)34)45-15-23(39)22(14-24(40)41)37-29(42)27(17-8-2-1-3-9-17)38-31(44)30(43)36-21-12-6-10-16-7-4-5-11-18(16)21/h1-13,22,27H,14-15H2,(H,36,43)(H,37,42)(H,38,44)(H,40,41)/t22-,27?/m0/s1. The first-order valence-corrected chi connectivity index (χ1v) is 13.1. The second-order valence-corrected chi connectivity index (χ2v) is 9.51. The number of nitrogens with one attached hydrogen (secondary N) is 3. The number of amides is 3. The Bertz CT molecular complexity index is 1750. The summed E-state index contributed by atoms with van der Waals surface area (Å²) in [5.41, 5.74) is 0.450. The Morgan fingerprint density at radius 2 is 1.38 bits per heavy atom. The molecule has 4 N–H and O–H groups in total. The van der Waals surface area contributed by atoms with Gasteiger partial charge in [-0.25, -0.2) is 8.78 Å². The van der Waals surface area contributed by atoms with Gasteiger partial charge in [-0.05, 0) is 17.0 Å². The molecule has 45 heavy (non-hydrogen) atoms. The van der Waals surface area contributed by atoms with Gasteiger partial charge in [-0.1, -0.05) is 66.7 Å². The summed E-state index contributed by atoms with van der Waals surface area (Å²) in [6, 6.07) is 15.9. The van der Waals surface area contributed by atoms with Gasteiger partial charge in [-0.2, -0.15) is 8.78 Å². The number of benzene rings is 4. The van der Waals surface area contributed by atoms with Gasteiger partial charge in [0.15, 0.2) is 23.2 Å². The number of halogens is 4. The van der Waals surface area contributed by atoms with E-state index in [-0.39, 0.29) is 11.6 Å². The van der Waals surface area contributed by atoms with Crippen molar-refractivity contribution in [3.8, 4) is 5.75 Å². The lowest BCUT2D eigenvalue weighted by Crippen LogP contribution is -2.50. The minimum absolute atomic E-state index is 0.0763. The van der Waals surface area contributed by atoms with Crippen LogP contribution in [-0.2, 0) is 24.0 Å². The second kappa shape index (κ2) is 14.1. The van der Waals surface area contributed by atoms with Crippen molar-refractivity contribution in [2.24, 2.45) is 0 Å². The normalized spacial score (nSPS) is 12.1. The van der Waals surface area contributed by atoms with Gasteiger partial charge in [0.2, 0.25) is 17.5 Å². The molecule has 0 aliphatic rings. The molecule has 4 aromatic carbocycles. The monoisotopic (exact) mass is 625 g/mol. The Morgan fingerprint density at radius 1 is 0.756 bits per heavy atom. The zero-order chi connectivity index (χ0) is 32.7. The van der Waals surface area contributed by atoms with Crippen LogP contribution in [0.1, 0.15) is 18.0 Å². The molecular formula is C31H23F4N3O7. The summed E-state index contributed by atoms with van der Waals surface area (Å²) < 4.78 is 59.5. The van der Waals surface area contributed by atoms with E-state index in [0.29, 0.717) is 11.1 Å². The number of ketones is 1. The smallest absolute Gasteiger partial charge is 0.313 e. The minimum atomic E-state index is -1.94. The van der Waals surface area contributed by atoms with Crippen LogP contribution in [0, 0.1) is 23.3 Å². The van der Waals surface area contributed by atoms with E-state index in [2.05, 4.69) is 20.7 Å². The molecule has 0 bridgehead atoms. The molecule has 0 spiro atoms. The lowest BCUT2D eigenvalue weighted by molar-refractivity contribution is -0.141. The molecule has 0 heterocycles. The van der Waals surface area contributed by atoms with E-state index in [9.17, 15) is 46.6 Å². The molecule has 232 valence electrons. The molecule has 3 amide bonds. The first kappa shape index (κ1) is 32.1. The molecule has 14 heteroatoms. The average molecular weight is 626 g/mol. The molecular weight excluding hydrogens is 602 g/mol. The fourth-order valence-corrected chi connectivity index (χ4v) is 4.25. The maximum Gasteiger partial charge on any atom is 0.313 e. The van der Waals surface area contributed by atoms with Gasteiger partial charge in [0, 0.05) is 17.1 Å². The molecule has 0 fully saturated rings. The van der Waals surface area contributed by atoms with Crippen LogP contribution in [0.5, 0.6) is 5.75 Å². The Balaban J connectivity index is 1.52. The molecule has 0 aromatic heterocycles. The van der Waals surface area contributed by atoms with Crippen molar-refractivity contribution in [3.63, 3.8) is 0 Å². The quantitative estimate of drug-likeness (QED) is 0.113. The maximum absolute atomic E-state index is 14.0. The highest BCUT2D eigenvalue weighted by Gasteiger charge is 2.32. The van der Waals surface area contributed by atoms with E-state index in [1.165, 1.54) is 24.3 Å². The van der Waals surface area contributed by atoms with Crippen molar-refractivity contribution in [2.45, 2.75) is 18.5 Å². The van der Waals surface area contributed by atoms with Gasteiger partial charge in [-0.3, -0.25) is 24.0 Å². The van der Waals surface area contributed by atoms with E-state index in [1.54, 1.807) is 48.5 Å². The van der Waals surface area contributed by atoms with E-state index < -0.39 is 83.6 Å². The Hall–Kier alpha value is -5.79. The van der Waals surface area contributed by atoms with Crippen LogP contribution in [0.3, 0.4) is 0 Å². The molecule has 2 atom stereocenters. The molecule has 0 aliphatic carbocycles. The van der Waals surface area contributed by atoms with Crippen molar-refractivity contribution in [1.82, 2.24) is 10.6 Å². The van der Waals surface area contributed by atoms with Crippen LogP contribution in [0.25, 0.3) is 10.8 Å². The number of hydrogen-bond donors (Lipinski definition) is 4. The number of ether oxygens (including phenoxy) is 1. The summed E-state index contributed by atoms with van der Waals surface area (Å²) in [4.78, 5) is 63.3. The summed E-state index contributed by atoms with van der Waals surface area (Å²) in [6.45, 7) is -1.30. The van der Waals surface area contributed by atoms with Crippen molar-refractivity contribution < 1.29 is 51.4 Å². The van der Waals surface area contributed by atoms with Crippen LogP contribution in [0.4, 0.5) is 23.2 Å². The van der Waals surface area contributed by atoms with Gasteiger partial charge >= 0.3 is 17.8 Å². The summed E-state index contributed by atoms with van der Waals surface area (Å²) in [5.74, 6) is -15.4. The number of carboxylic acids is 1. The summed E-state index contributed by atoms with van der Waals surface area (Å²) >= 11 is 0. The lowest BCUT2D eigenvalue weighted by Gasteiger charge is -2.22. The van der Waals surface area contributed by atoms with Crippen molar-refractivity contribution >= 4 is 45.9 Å². The molecule has 0 aliphatic heterocycles. The zero-order valence-corrected chi connectivity index (χ0v) is 23.0. The molecule has 0 radical (unpaired) electrons. The molecule has 10 nitrogen and oxygen atoms in total. The maximum atomic E-state index is 14.0. The number of carbonyl (C=O) groups is 5. The Morgan fingerprint density at radius 3 is 2.04 bits per heavy atom. The highest BCUT2D eigenvalue weighted by molar-refractivity contribution is 6.40. The van der Waals surface area contributed by atoms with Gasteiger partial charge < -0.3 is 25.8 Å². The highest BCUT2D eigenvalue weighted by Crippen LogP contribution is 2.27. The molecule has 0 saturated carbocycles. The minimum Gasteiger partial charge on any atom is -0.481 e. The van der Waals surface area contributed by atoms with Gasteiger partial charge in [0.05, 0.1) is 6.42 Å². The fraction of sp³-hybridized carbons (Fsp3) is 0.129. The Kier molecular flexibility index (Phi) is 10.1. The van der Waals surface area contributed by atoms with Crippen LogP contribution < -0.4 is 20.7 Å². The van der Waals surface area contributed by atoms with Crippen LogP contribution in [0.2, 0.25) is 0 Å². The SMILES string of the molecule is O=C(O)C[C@H](NC(=O)C(NC(=O)C(=O)Nc1cccc2ccccc12)c1ccccc1)C(=O)COc1c(F)c(F)cc(F)c1F. The molecule has 0 saturated heterocycles. The number of carboxylic acid groups (broad SMARTS) is 1. The van der Waals surface area contributed by atoms with Crippen molar-refractivity contribution in [3.05, 3.63) is 108 Å². The lowest BCUT2D eigenvalue weighted by atomic mass is 10.0. The number of anilines is 1. The van der Waals surface area contributed by atoms with E-state index in [0.717, 1.165) is 5.39 Å². The highest BCUT2D eigenvalue weighted by atomic mass is 19.2. The van der Waals surface area contributed by atoms with E-state index in [4.69, 9.17) is 0 Å². The number of rotatable bonds is 11. The predicted molar refractivity (Wildman–Crippen MR) is 151 cm³/mol. The van der Waals surface area contributed by atoms with Gasteiger partial charge in [-0.15, -0.1) is 0 Å². The number of aliphatic carboxylic acids is 1. The van der Waals surface area contributed by atoms with E-state index in [1.807, 2.05) is 0 Å². The number of hydrogen-bond acceptors (Lipinski definition) is 6. The topological polar surface area (TPSA) is 151 Å². The molecule has 4 aromatic rings. The third kappa shape index (κ3) is 7.79. The predicted octanol–water partition coefficient (Wildman–Crippen LogP) is 3.80. The molecule has 4 rings (SSSR count). The number of Topliss-reactive ketones (excluding diaryl/α,β-unsaturated/α-hetero) is 1. The number of fused-ring (bicyclic) bond motifs is 1. The van der Waals surface area contributed by atoms with Crippen molar-refractivity contribution in [1.29, 1.82) is 0 Å². The third-order valence-electron chi connectivity index (χ3n) is 6.43. The van der Waals surface area contributed by atoms with Gasteiger partial charge in [0.25, 0.3) is 0 Å². The first-order chi connectivity index (χ1) is 21.5. The first-order valence-electron chi connectivity index (χ1n) is 13.1. The van der Waals surface area contributed by atoms with Crippen molar-refractivity contribution in [2.75, 3.05) is 11.9 Å². The van der Waals surface area contributed by atoms with Crippen LogP contribution in [-0.4, -0.2) is 47.2 Å². The summed E-state index contributed by atoms with van der Waals surface area (Å²) in [6.07, 6.45) is -1.05. The van der Waals surface area contributed by atoms with Crippen LogP contribution in [0.15, 0.2) is 78.9 Å². The summed E-state index contributed by atoms with van der Waals surface area (Å²) in [7, 11) is 0. The average Bonchev–Trinajstić information content (AvgIpc) is 3.02. The number of carbonyl (C=O) groups excluding carboxylic acids is 4.